The molecule has 2 saturated heterocycles. The molecular weight excluding hydrogens is 765 g/mol. The Kier molecular flexibility index (Phi) is 16.3. The van der Waals surface area contributed by atoms with Crippen molar-refractivity contribution >= 4 is 25.0 Å². The molecule has 8 atom stereocenters. The van der Waals surface area contributed by atoms with Gasteiger partial charge in [0, 0.05) is 12.8 Å². The lowest BCUT2D eigenvalue weighted by Crippen LogP contribution is -2.55. The fourth-order valence-corrected chi connectivity index (χ4v) is 10.7. The smallest absolute Gasteiger partial charge is 0.192 e. The van der Waals surface area contributed by atoms with Gasteiger partial charge in [-0.2, -0.15) is 0 Å². The van der Waals surface area contributed by atoms with Crippen LogP contribution in [0.4, 0.5) is 0 Å². The van der Waals surface area contributed by atoms with Crippen LogP contribution >= 0.6 is 0 Å². The molecule has 0 spiro atoms. The Balaban J connectivity index is 1.78. The normalized spacial score (nSPS) is 27.7. The van der Waals surface area contributed by atoms with Gasteiger partial charge in [-0.25, -0.2) is 0 Å². The Morgan fingerprint density at radius 1 is 0.860 bits per heavy atom. The van der Waals surface area contributed by atoms with Crippen LogP contribution in [0.3, 0.4) is 0 Å². The van der Waals surface area contributed by atoms with E-state index in [9.17, 15) is 10.2 Å². The van der Waals surface area contributed by atoms with E-state index in [-0.39, 0.29) is 45.4 Å². The molecule has 2 N–H and O–H groups in total. The molecule has 0 amide bonds. The average molecular weight is 851 g/mol. The minimum Gasteiger partial charge on any atom is -0.414 e. The van der Waals surface area contributed by atoms with E-state index in [1.165, 1.54) is 0 Å². The van der Waals surface area contributed by atoms with Crippen LogP contribution < -0.4 is 0 Å². The van der Waals surface area contributed by atoms with E-state index in [1.54, 1.807) is 0 Å². The quantitative estimate of drug-likeness (QED) is 0.105. The summed E-state index contributed by atoms with van der Waals surface area (Å²) >= 11 is 0. The fourth-order valence-electron chi connectivity index (χ4n) is 7.03. The topological polar surface area (TPSA) is 95.8 Å². The zero-order chi connectivity index (χ0) is 43.7. The van der Waals surface area contributed by atoms with Crippen LogP contribution in [-0.2, 0) is 34.1 Å². The van der Waals surface area contributed by atoms with E-state index in [0.29, 0.717) is 39.1 Å². The first-order valence-electron chi connectivity index (χ1n) is 21.7. The summed E-state index contributed by atoms with van der Waals surface area (Å²) < 4.78 is 41.0. The molecule has 0 bridgehead atoms. The Morgan fingerprint density at radius 2 is 1.42 bits per heavy atom. The molecule has 1 aromatic rings. The summed E-state index contributed by atoms with van der Waals surface area (Å²) in [5, 5.41) is 24.0. The second kappa shape index (κ2) is 18.3. The van der Waals surface area contributed by atoms with Gasteiger partial charge in [0.15, 0.2) is 25.0 Å². The van der Waals surface area contributed by atoms with Crippen LogP contribution in [0.2, 0.25) is 54.4 Å². The molecule has 8 nitrogen and oxygen atoms in total. The maximum atomic E-state index is 12.1. The average Bonchev–Trinajstić information content (AvgIpc) is 3.60. The van der Waals surface area contributed by atoms with Crippen LogP contribution in [0.1, 0.15) is 127 Å². The molecule has 0 radical (unpaired) electrons. The number of aliphatic hydroxyl groups excluding tert-OH is 1. The molecule has 0 aliphatic carbocycles. The Labute approximate surface area is 352 Å². The van der Waals surface area contributed by atoms with Gasteiger partial charge < -0.3 is 37.7 Å². The molecular formula is C46H86O8Si3. The van der Waals surface area contributed by atoms with Crippen molar-refractivity contribution in [2.75, 3.05) is 13.2 Å². The predicted molar refractivity (Wildman–Crippen MR) is 243 cm³/mol. The second-order valence-corrected chi connectivity index (χ2v) is 37.3. The summed E-state index contributed by atoms with van der Waals surface area (Å²) in [7, 11) is -6.70. The van der Waals surface area contributed by atoms with E-state index in [4.69, 9.17) is 27.5 Å². The molecule has 2 heterocycles. The highest BCUT2D eigenvalue weighted by Crippen LogP contribution is 2.47. The molecule has 3 rings (SSSR count). The largest absolute Gasteiger partial charge is 0.414 e. The third-order valence-electron chi connectivity index (χ3n) is 14.3. The molecule has 0 saturated carbocycles. The van der Waals surface area contributed by atoms with Gasteiger partial charge in [0.05, 0.1) is 61.0 Å². The lowest BCUT2D eigenvalue weighted by atomic mass is 9.87. The Morgan fingerprint density at radius 3 is 1.96 bits per heavy atom. The first-order valence-corrected chi connectivity index (χ1v) is 30.4. The number of ether oxygens (including phenoxy) is 3. The van der Waals surface area contributed by atoms with Crippen molar-refractivity contribution in [3.63, 3.8) is 0 Å². The van der Waals surface area contributed by atoms with Crippen molar-refractivity contribution in [2.24, 2.45) is 0 Å². The lowest BCUT2D eigenvalue weighted by molar-refractivity contribution is -0.150. The molecule has 0 aromatic heterocycles. The summed E-state index contributed by atoms with van der Waals surface area (Å²) in [4.78, 5) is 0. The van der Waals surface area contributed by atoms with Crippen LogP contribution in [-0.4, -0.2) is 95.7 Å². The van der Waals surface area contributed by atoms with E-state index in [1.807, 2.05) is 25.1 Å². The summed E-state index contributed by atoms with van der Waals surface area (Å²) in [6.07, 6.45) is 1.05. The van der Waals surface area contributed by atoms with Crippen LogP contribution in [0.5, 0.6) is 0 Å². The first-order chi connectivity index (χ1) is 25.6. The van der Waals surface area contributed by atoms with Gasteiger partial charge in [-0.15, -0.1) is 0 Å². The monoisotopic (exact) mass is 851 g/mol. The molecule has 1 aromatic carbocycles. The highest BCUT2D eigenvalue weighted by Gasteiger charge is 2.56. The third-order valence-corrected chi connectivity index (χ3v) is 27.8. The van der Waals surface area contributed by atoms with E-state index in [2.05, 4.69) is 134 Å². The van der Waals surface area contributed by atoms with Gasteiger partial charge in [-0.3, -0.25) is 0 Å². The van der Waals surface area contributed by atoms with Gasteiger partial charge in [-0.05, 0) is 112 Å². The number of hydrogen-bond donors (Lipinski definition) is 2. The van der Waals surface area contributed by atoms with Gasteiger partial charge in [-0.1, -0.05) is 99.2 Å². The van der Waals surface area contributed by atoms with Crippen LogP contribution in [0.15, 0.2) is 42.5 Å². The van der Waals surface area contributed by atoms with Gasteiger partial charge >= 0.3 is 0 Å². The van der Waals surface area contributed by atoms with Gasteiger partial charge in [0.1, 0.15) is 6.10 Å². The maximum absolute atomic E-state index is 12.1. The predicted octanol–water partition coefficient (Wildman–Crippen LogP) is 11.3. The highest BCUT2D eigenvalue weighted by atomic mass is 28.4. The van der Waals surface area contributed by atoms with Crippen molar-refractivity contribution in [3.8, 4) is 0 Å². The van der Waals surface area contributed by atoms with Crippen molar-refractivity contribution in [2.45, 2.75) is 230 Å². The number of benzene rings is 1. The highest BCUT2D eigenvalue weighted by molar-refractivity contribution is 6.75. The number of aliphatic hydroxyl groups is 2. The summed E-state index contributed by atoms with van der Waals surface area (Å²) in [5.74, 6) is 0. The minimum absolute atomic E-state index is 0.0197. The van der Waals surface area contributed by atoms with E-state index in [0.717, 1.165) is 24.0 Å². The molecule has 57 heavy (non-hydrogen) atoms. The van der Waals surface area contributed by atoms with Crippen LogP contribution in [0.25, 0.3) is 0 Å². The Hall–Kier alpha value is -0.709. The molecule has 0 unspecified atom stereocenters. The zero-order valence-electron chi connectivity index (χ0n) is 39.7. The SMILES string of the molecule is C=C(CC[C@](C)(O)C[C@@H](O)[C@H]1O[C@@](C)([C@H](CO[Si](C)(C)C(C)(C)C)O[Si](C)(C)C(C)(C)C)C[C@H]1O[Si](C)(C)C(C)(C)C)[C@H]1CC[C@](C)(COCc2ccccc2)O1. The molecule has 11 heteroatoms. The summed E-state index contributed by atoms with van der Waals surface area (Å²) in [6.45, 7) is 45.8. The van der Waals surface area contributed by atoms with Crippen molar-refractivity contribution in [3.05, 3.63) is 48.0 Å². The van der Waals surface area contributed by atoms with Crippen molar-refractivity contribution in [1.82, 2.24) is 0 Å². The molecule has 2 aliphatic rings. The second-order valence-electron chi connectivity index (χ2n) is 23.0. The minimum atomic E-state index is -2.29. The fraction of sp³-hybridized carbons (Fsp3) is 0.826. The summed E-state index contributed by atoms with van der Waals surface area (Å²) in [5.41, 5.74) is -0.226. The van der Waals surface area contributed by atoms with Crippen LogP contribution in [0, 0.1) is 0 Å². The van der Waals surface area contributed by atoms with Gasteiger partial charge in [0.2, 0.25) is 0 Å². The zero-order valence-corrected chi connectivity index (χ0v) is 42.7. The summed E-state index contributed by atoms with van der Waals surface area (Å²) in [6, 6.07) is 10.2. The van der Waals surface area contributed by atoms with Crippen molar-refractivity contribution in [1.29, 1.82) is 0 Å². The number of hydrogen-bond acceptors (Lipinski definition) is 8. The first kappa shape index (κ1) is 50.6. The Bertz CT molecular complexity index is 1440. The third kappa shape index (κ3) is 13.6. The molecule has 2 fully saturated rings. The lowest BCUT2D eigenvalue weighted by Gasteiger charge is -2.46. The van der Waals surface area contributed by atoms with E-state index < -0.39 is 48.4 Å². The van der Waals surface area contributed by atoms with Crippen molar-refractivity contribution < 1.29 is 37.7 Å². The van der Waals surface area contributed by atoms with E-state index >= 15 is 0 Å². The molecule has 330 valence electrons. The van der Waals surface area contributed by atoms with Gasteiger partial charge in [0.25, 0.3) is 0 Å². The molecule has 2 aliphatic heterocycles. The standard InChI is InChI=1S/C46H86O8Si3/c1-34(37-26-28-45(12,51-37)33-49-31-35-23-21-20-22-24-35)25-27-44(11,48)29-36(47)40-38(53-56(16,17)42(5,6)7)30-46(13,52-40)39(54-57(18,19)43(8,9)10)32-50-55(14,15)41(2,3)4/h20-24,36-40,47-48H,1,25-33H2,2-19H3/t36-,37-,38-,39+,40-,44+,45-,46-/m1/s1. The maximum Gasteiger partial charge on any atom is 0.192 e. The number of rotatable bonds is 19.